The number of hydrogen-bond donors (Lipinski definition) is 0. The molecule has 2 heterocycles. The zero-order valence-electron chi connectivity index (χ0n) is 32.7. The Balaban J connectivity index is 1.07. The Morgan fingerprint density at radius 2 is 0.983 bits per heavy atom. The van der Waals surface area contributed by atoms with Crippen LogP contribution in [0.1, 0.15) is 22.3 Å². The highest BCUT2D eigenvalue weighted by Gasteiger charge is 2.46. The fraction of sp³-hybridized carbons (Fsp3) is 0.0175. The van der Waals surface area contributed by atoms with E-state index in [-0.39, 0.29) is 0 Å². The Kier molecular flexibility index (Phi) is 7.76. The quantitative estimate of drug-likeness (QED) is 0.158. The highest BCUT2D eigenvalue weighted by atomic mass is 15.1. The molecule has 3 heteroatoms. The first kappa shape index (κ1) is 34.2. The molecule has 0 bridgehead atoms. The summed E-state index contributed by atoms with van der Waals surface area (Å²) < 4.78 is 2.28. The molecule has 2 aromatic heterocycles. The molecule has 0 unspecified atom stereocenters. The normalized spacial score (nSPS) is 12.8. The molecule has 1 aliphatic carbocycles. The van der Waals surface area contributed by atoms with Crippen LogP contribution in [-0.4, -0.2) is 14.5 Å². The van der Waals surface area contributed by atoms with E-state index in [0.717, 1.165) is 66.8 Å². The summed E-state index contributed by atoms with van der Waals surface area (Å²) in [6.45, 7) is 0. The van der Waals surface area contributed by atoms with Crippen molar-refractivity contribution in [3.8, 4) is 50.6 Å². The summed E-state index contributed by atoms with van der Waals surface area (Å²) >= 11 is 0. The molecule has 0 N–H and O–H groups in total. The van der Waals surface area contributed by atoms with E-state index in [4.69, 9.17) is 9.97 Å². The van der Waals surface area contributed by atoms with Gasteiger partial charge >= 0.3 is 0 Å². The van der Waals surface area contributed by atoms with Crippen molar-refractivity contribution < 1.29 is 0 Å². The van der Waals surface area contributed by atoms with Gasteiger partial charge in [0.05, 0.1) is 27.7 Å². The first-order valence-electron chi connectivity index (χ1n) is 20.6. The van der Waals surface area contributed by atoms with E-state index in [2.05, 4.69) is 223 Å². The fourth-order valence-corrected chi connectivity index (χ4v) is 9.93. The van der Waals surface area contributed by atoms with E-state index in [1.54, 1.807) is 0 Å². The van der Waals surface area contributed by atoms with Gasteiger partial charge in [-0.1, -0.05) is 188 Å². The standard InChI is InChI=1S/C57H37N3/c1-4-18-38(19-5-1)56-59-51-32-14-15-33-52(51)60(56)44-27-17-21-40(37-44)39-20-16-22-41(36-39)55-47-34-35-49-54(53(47)46-29-11-13-31-50(46)58-55)45-28-10-12-30-48(45)57(49,42-23-6-2-7-24-42)43-25-8-3-9-26-43/h1-37H. The number of imidazole rings is 1. The summed E-state index contributed by atoms with van der Waals surface area (Å²) in [5, 5.41) is 3.54. The minimum atomic E-state index is -0.487. The molecule has 0 radical (unpaired) electrons. The van der Waals surface area contributed by atoms with E-state index in [0.29, 0.717) is 0 Å². The highest BCUT2D eigenvalue weighted by Crippen LogP contribution is 2.58. The van der Waals surface area contributed by atoms with Crippen molar-refractivity contribution in [1.82, 2.24) is 14.5 Å². The van der Waals surface area contributed by atoms with Gasteiger partial charge in [0.25, 0.3) is 0 Å². The molecule has 11 aromatic rings. The van der Waals surface area contributed by atoms with E-state index < -0.39 is 5.41 Å². The van der Waals surface area contributed by atoms with Gasteiger partial charge in [0.15, 0.2) is 0 Å². The Morgan fingerprint density at radius 3 is 1.77 bits per heavy atom. The summed E-state index contributed by atoms with van der Waals surface area (Å²) in [5.74, 6) is 0.923. The van der Waals surface area contributed by atoms with Crippen LogP contribution >= 0.6 is 0 Å². The lowest BCUT2D eigenvalue weighted by atomic mass is 9.67. The van der Waals surface area contributed by atoms with Crippen molar-refractivity contribution in [2.45, 2.75) is 5.41 Å². The van der Waals surface area contributed by atoms with Crippen LogP contribution in [0.3, 0.4) is 0 Å². The third kappa shape index (κ3) is 5.09. The molecule has 9 aromatic carbocycles. The van der Waals surface area contributed by atoms with Crippen molar-refractivity contribution >= 4 is 32.7 Å². The molecule has 0 spiro atoms. The van der Waals surface area contributed by atoms with Crippen LogP contribution in [0, 0.1) is 0 Å². The Labute approximate surface area is 348 Å². The molecular weight excluding hydrogens is 727 g/mol. The average molecular weight is 764 g/mol. The molecule has 60 heavy (non-hydrogen) atoms. The molecule has 0 saturated carbocycles. The van der Waals surface area contributed by atoms with Crippen LogP contribution in [0.15, 0.2) is 224 Å². The first-order valence-corrected chi connectivity index (χ1v) is 20.6. The van der Waals surface area contributed by atoms with Crippen LogP contribution in [0.4, 0.5) is 0 Å². The zero-order chi connectivity index (χ0) is 39.6. The van der Waals surface area contributed by atoms with Gasteiger partial charge in [0, 0.05) is 33.0 Å². The highest BCUT2D eigenvalue weighted by molar-refractivity contribution is 6.19. The number of nitrogens with zero attached hydrogens (tertiary/aromatic N) is 3. The maximum atomic E-state index is 5.47. The minimum Gasteiger partial charge on any atom is -0.292 e. The third-order valence-corrected chi connectivity index (χ3v) is 12.5. The number of benzene rings is 9. The fourth-order valence-electron chi connectivity index (χ4n) is 9.93. The Hall–Kier alpha value is -7.88. The van der Waals surface area contributed by atoms with Gasteiger partial charge in [-0.25, -0.2) is 9.97 Å². The van der Waals surface area contributed by atoms with Gasteiger partial charge in [0.1, 0.15) is 5.82 Å². The van der Waals surface area contributed by atoms with Gasteiger partial charge < -0.3 is 0 Å². The van der Waals surface area contributed by atoms with Crippen molar-refractivity contribution in [2.24, 2.45) is 0 Å². The maximum absolute atomic E-state index is 5.47. The van der Waals surface area contributed by atoms with E-state index in [9.17, 15) is 0 Å². The number of rotatable bonds is 6. The second-order valence-electron chi connectivity index (χ2n) is 15.7. The van der Waals surface area contributed by atoms with Crippen molar-refractivity contribution in [1.29, 1.82) is 0 Å². The topological polar surface area (TPSA) is 30.7 Å². The van der Waals surface area contributed by atoms with Crippen LogP contribution in [0.25, 0.3) is 83.3 Å². The van der Waals surface area contributed by atoms with Crippen molar-refractivity contribution in [3.05, 3.63) is 247 Å². The molecule has 0 fully saturated rings. The van der Waals surface area contributed by atoms with Gasteiger partial charge in [0.2, 0.25) is 0 Å². The van der Waals surface area contributed by atoms with Crippen LogP contribution in [0.2, 0.25) is 0 Å². The molecule has 0 aliphatic heterocycles. The smallest absolute Gasteiger partial charge is 0.145 e. The monoisotopic (exact) mass is 763 g/mol. The minimum absolute atomic E-state index is 0.487. The predicted molar refractivity (Wildman–Crippen MR) is 247 cm³/mol. The number of hydrogen-bond acceptors (Lipinski definition) is 2. The molecule has 0 amide bonds. The maximum Gasteiger partial charge on any atom is 0.145 e. The van der Waals surface area contributed by atoms with Crippen LogP contribution in [0.5, 0.6) is 0 Å². The largest absolute Gasteiger partial charge is 0.292 e. The summed E-state index contributed by atoms with van der Waals surface area (Å²) in [4.78, 5) is 10.6. The lowest BCUT2D eigenvalue weighted by molar-refractivity contribution is 0.769. The van der Waals surface area contributed by atoms with Crippen molar-refractivity contribution in [2.75, 3.05) is 0 Å². The van der Waals surface area contributed by atoms with Crippen molar-refractivity contribution in [3.63, 3.8) is 0 Å². The lowest BCUT2D eigenvalue weighted by Crippen LogP contribution is -2.28. The van der Waals surface area contributed by atoms with E-state index >= 15 is 0 Å². The van der Waals surface area contributed by atoms with Crippen LogP contribution < -0.4 is 0 Å². The summed E-state index contributed by atoms with van der Waals surface area (Å²) in [6.07, 6.45) is 0. The summed E-state index contributed by atoms with van der Waals surface area (Å²) in [7, 11) is 0. The molecule has 0 atom stereocenters. The summed E-state index contributed by atoms with van der Waals surface area (Å²) in [5.41, 5.74) is 16.6. The number of para-hydroxylation sites is 3. The molecule has 0 saturated heterocycles. The number of pyridine rings is 1. The molecule has 1 aliphatic rings. The average Bonchev–Trinajstić information content (AvgIpc) is 3.87. The SMILES string of the molecule is c1ccc(-c2nc3ccccc3n2-c2cccc(-c3cccc(-c4nc5ccccc5c5c6c(ccc45)C(c4ccccc4)(c4ccccc4)c4ccccc4-6)c3)c2)cc1. The predicted octanol–water partition coefficient (Wildman–Crippen LogP) is 14.1. The summed E-state index contributed by atoms with van der Waals surface area (Å²) in [6, 6.07) is 81.0. The van der Waals surface area contributed by atoms with Gasteiger partial charge in [-0.3, -0.25) is 4.57 Å². The van der Waals surface area contributed by atoms with Gasteiger partial charge in [-0.15, -0.1) is 0 Å². The molecule has 280 valence electrons. The number of aromatic nitrogens is 3. The Morgan fingerprint density at radius 1 is 0.383 bits per heavy atom. The van der Waals surface area contributed by atoms with Crippen LogP contribution in [-0.2, 0) is 5.41 Å². The van der Waals surface area contributed by atoms with Gasteiger partial charge in [-0.05, 0) is 80.9 Å². The molecule has 12 rings (SSSR count). The van der Waals surface area contributed by atoms with E-state index in [1.807, 2.05) is 6.07 Å². The second-order valence-corrected chi connectivity index (χ2v) is 15.7. The molecule has 3 nitrogen and oxygen atoms in total. The van der Waals surface area contributed by atoms with Gasteiger partial charge in [-0.2, -0.15) is 0 Å². The number of fused-ring (bicyclic) bond motifs is 8. The lowest BCUT2D eigenvalue weighted by Gasteiger charge is -2.34. The first-order chi connectivity index (χ1) is 29.8. The third-order valence-electron chi connectivity index (χ3n) is 12.5. The molecular formula is C57H37N3. The zero-order valence-corrected chi connectivity index (χ0v) is 32.7. The Bertz CT molecular complexity index is 3380. The second kappa shape index (κ2) is 13.6. The van der Waals surface area contributed by atoms with E-state index in [1.165, 1.54) is 38.8 Å².